The van der Waals surface area contributed by atoms with Crippen LogP contribution in [0.25, 0.3) is 0 Å². The number of rotatable bonds is 6. The summed E-state index contributed by atoms with van der Waals surface area (Å²) in [6.45, 7) is 5.37. The summed E-state index contributed by atoms with van der Waals surface area (Å²) in [4.78, 5) is 40.0. The molecular weight excluding hydrogens is 334 g/mol. The highest BCUT2D eigenvalue weighted by Gasteiger charge is 2.34. The lowest BCUT2D eigenvalue weighted by molar-refractivity contribution is -0.129. The number of imide groups is 1. The fourth-order valence-corrected chi connectivity index (χ4v) is 2.68. The maximum Gasteiger partial charge on any atom is 0.349 e. The average molecular weight is 353 g/mol. The number of urea groups is 1. The van der Waals surface area contributed by atoms with Crippen LogP contribution in [0.4, 0.5) is 4.79 Å². The highest BCUT2D eigenvalue weighted by atomic mass is 32.2. The lowest BCUT2D eigenvalue weighted by Gasteiger charge is -2.24. The zero-order valence-corrected chi connectivity index (χ0v) is 14.7. The number of nitrogens with one attached hydrogen (secondary N) is 1. The summed E-state index contributed by atoms with van der Waals surface area (Å²) in [7, 11) is 1.38. The van der Waals surface area contributed by atoms with Crippen LogP contribution < -0.4 is 5.32 Å². The van der Waals surface area contributed by atoms with Crippen LogP contribution in [0.5, 0.6) is 0 Å². The normalized spacial score (nSPS) is 18.1. The third kappa shape index (κ3) is 4.40. The molecule has 1 atom stereocenters. The van der Waals surface area contributed by atoms with E-state index in [0.717, 1.165) is 16.7 Å². The van der Waals surface area contributed by atoms with Gasteiger partial charge in [0.25, 0.3) is 5.22 Å². The first-order valence-electron chi connectivity index (χ1n) is 7.39. The minimum atomic E-state index is -0.602. The third-order valence-corrected chi connectivity index (χ3v) is 4.11. The summed E-state index contributed by atoms with van der Waals surface area (Å²) in [5.74, 6) is -0.649. The summed E-state index contributed by atoms with van der Waals surface area (Å²) >= 11 is 1.12. The molecule has 24 heavy (non-hydrogen) atoms. The summed E-state index contributed by atoms with van der Waals surface area (Å²) < 4.78 is 5.45. The molecule has 0 fully saturated rings. The van der Waals surface area contributed by atoms with Crippen LogP contribution in [0.3, 0.4) is 0 Å². The van der Waals surface area contributed by atoms with Crippen LogP contribution in [0.15, 0.2) is 14.6 Å². The second kappa shape index (κ2) is 7.56. The molecule has 2 rings (SSSR count). The third-order valence-electron chi connectivity index (χ3n) is 3.30. The van der Waals surface area contributed by atoms with Gasteiger partial charge in [0.2, 0.25) is 17.7 Å². The predicted octanol–water partition coefficient (Wildman–Crippen LogP) is 0.898. The van der Waals surface area contributed by atoms with Gasteiger partial charge in [0, 0.05) is 25.2 Å². The molecule has 0 radical (unpaired) electrons. The van der Waals surface area contributed by atoms with Gasteiger partial charge >= 0.3 is 6.03 Å². The molecule has 1 unspecified atom stereocenters. The number of thioether (sulfide) groups is 1. The van der Waals surface area contributed by atoms with Gasteiger partial charge < -0.3 is 9.73 Å². The van der Waals surface area contributed by atoms with Crippen molar-refractivity contribution in [2.24, 2.45) is 10.9 Å². The lowest BCUT2D eigenvalue weighted by Crippen LogP contribution is -2.44. The molecule has 0 saturated heterocycles. The van der Waals surface area contributed by atoms with Gasteiger partial charge in [-0.2, -0.15) is 0 Å². The van der Waals surface area contributed by atoms with E-state index < -0.39 is 11.9 Å². The summed E-state index contributed by atoms with van der Waals surface area (Å²) in [5, 5.41) is 10.7. The number of carbonyl (C=O) groups is 3. The molecule has 2 heterocycles. The van der Waals surface area contributed by atoms with Gasteiger partial charge in [-0.25, -0.2) is 9.79 Å². The van der Waals surface area contributed by atoms with Crippen LogP contribution in [0, 0.1) is 5.92 Å². The van der Waals surface area contributed by atoms with Gasteiger partial charge in [-0.3, -0.25) is 14.5 Å². The van der Waals surface area contributed by atoms with Crippen LogP contribution in [-0.2, 0) is 16.0 Å². The summed E-state index contributed by atoms with van der Waals surface area (Å²) in [6.07, 6.45) is 0.164. The molecule has 9 nitrogen and oxygen atoms in total. The molecule has 1 N–H and O–H groups in total. The Labute approximate surface area is 143 Å². The van der Waals surface area contributed by atoms with Crippen molar-refractivity contribution >= 4 is 35.3 Å². The highest BCUT2D eigenvalue weighted by molar-refractivity contribution is 7.99. The first-order chi connectivity index (χ1) is 11.3. The number of hydrogen-bond donors (Lipinski definition) is 1. The topological polar surface area (TPSA) is 118 Å². The van der Waals surface area contributed by atoms with E-state index >= 15 is 0 Å². The molecule has 4 amide bonds. The molecule has 130 valence electrons. The number of nitrogens with zero attached hydrogens (tertiary/aromatic N) is 4. The molecule has 0 saturated carbocycles. The zero-order chi connectivity index (χ0) is 17.9. The second-order valence-corrected chi connectivity index (χ2v) is 6.59. The van der Waals surface area contributed by atoms with E-state index in [-0.39, 0.29) is 41.1 Å². The second-order valence-electron chi connectivity index (χ2n) is 5.66. The number of hydrogen-bond acceptors (Lipinski definition) is 7. The van der Waals surface area contributed by atoms with Crippen molar-refractivity contribution in [1.82, 2.24) is 20.4 Å². The largest absolute Gasteiger partial charge is 0.416 e. The molecule has 0 aliphatic carbocycles. The number of aromatic nitrogens is 2. The number of amides is 4. The minimum absolute atomic E-state index is 0.0654. The Morgan fingerprint density at radius 2 is 2.08 bits per heavy atom. The highest BCUT2D eigenvalue weighted by Crippen LogP contribution is 2.21. The minimum Gasteiger partial charge on any atom is -0.416 e. The van der Waals surface area contributed by atoms with Gasteiger partial charge in [-0.1, -0.05) is 11.8 Å². The maximum atomic E-state index is 12.2. The van der Waals surface area contributed by atoms with E-state index in [1.54, 1.807) is 6.92 Å². The van der Waals surface area contributed by atoms with Crippen LogP contribution in [0.2, 0.25) is 0 Å². The van der Waals surface area contributed by atoms with Crippen molar-refractivity contribution in [3.63, 3.8) is 0 Å². The molecule has 1 aliphatic heterocycles. The van der Waals surface area contributed by atoms with Crippen LogP contribution >= 0.6 is 11.8 Å². The Hall–Kier alpha value is -2.23. The Kier molecular flexibility index (Phi) is 5.71. The summed E-state index contributed by atoms with van der Waals surface area (Å²) in [6, 6.07) is -0.512. The van der Waals surface area contributed by atoms with Gasteiger partial charge in [0.05, 0.1) is 11.7 Å². The molecule has 0 spiro atoms. The molecular formula is C14H19N5O4S. The van der Waals surface area contributed by atoms with Gasteiger partial charge in [0.1, 0.15) is 0 Å². The SMILES string of the molecule is CC1=NC(=O)N(C)C(=O)C1Cc1nnc(SCC(=O)NC(C)C)o1. The van der Waals surface area contributed by atoms with E-state index in [1.807, 2.05) is 13.8 Å². The quantitative estimate of drug-likeness (QED) is 0.755. The smallest absolute Gasteiger partial charge is 0.349 e. The maximum absolute atomic E-state index is 12.2. The van der Waals surface area contributed by atoms with E-state index in [0.29, 0.717) is 5.71 Å². The Bertz CT molecular complexity index is 684. The van der Waals surface area contributed by atoms with Gasteiger partial charge in [0.15, 0.2) is 0 Å². The predicted molar refractivity (Wildman–Crippen MR) is 86.8 cm³/mol. The van der Waals surface area contributed by atoms with Crippen molar-refractivity contribution in [3.8, 4) is 0 Å². The average Bonchev–Trinajstić information content (AvgIpc) is 2.94. The Morgan fingerprint density at radius 3 is 2.75 bits per heavy atom. The van der Waals surface area contributed by atoms with Crippen molar-refractivity contribution in [2.75, 3.05) is 12.8 Å². The molecule has 10 heteroatoms. The van der Waals surface area contributed by atoms with Crippen LogP contribution in [-0.4, -0.2) is 57.5 Å². The van der Waals surface area contributed by atoms with Gasteiger partial charge in [-0.05, 0) is 20.8 Å². The lowest BCUT2D eigenvalue weighted by atomic mass is 9.97. The van der Waals surface area contributed by atoms with Gasteiger partial charge in [-0.15, -0.1) is 10.2 Å². The van der Waals surface area contributed by atoms with Crippen molar-refractivity contribution in [1.29, 1.82) is 0 Å². The van der Waals surface area contributed by atoms with E-state index in [4.69, 9.17) is 4.42 Å². The summed E-state index contributed by atoms with van der Waals surface area (Å²) in [5.41, 5.74) is 0.423. The Morgan fingerprint density at radius 1 is 1.38 bits per heavy atom. The van der Waals surface area contributed by atoms with E-state index in [1.165, 1.54) is 7.05 Å². The standard InChI is InChI=1S/C14H19N5O4S/c1-7(2)15-10(20)6-24-14-18-17-11(23-14)5-9-8(3)16-13(22)19(4)12(9)21/h7,9H,5-6H2,1-4H3,(H,15,20). The number of aliphatic imine (C=N–C) groups is 1. The fourth-order valence-electron chi connectivity index (χ4n) is 2.09. The first kappa shape index (κ1) is 18.1. The van der Waals surface area contributed by atoms with E-state index in [9.17, 15) is 14.4 Å². The van der Waals surface area contributed by atoms with E-state index in [2.05, 4.69) is 20.5 Å². The van der Waals surface area contributed by atoms with Crippen molar-refractivity contribution in [3.05, 3.63) is 5.89 Å². The first-order valence-corrected chi connectivity index (χ1v) is 8.37. The van der Waals surface area contributed by atoms with Crippen molar-refractivity contribution < 1.29 is 18.8 Å². The monoisotopic (exact) mass is 353 g/mol. The molecule has 0 aromatic carbocycles. The fraction of sp³-hybridized carbons (Fsp3) is 0.571. The molecule has 1 aromatic heterocycles. The van der Waals surface area contributed by atoms with Crippen molar-refractivity contribution in [2.45, 2.75) is 38.5 Å². The molecule has 1 aromatic rings. The molecule has 0 bridgehead atoms. The Balaban J connectivity index is 1.96. The van der Waals surface area contributed by atoms with Crippen LogP contribution in [0.1, 0.15) is 26.7 Å². The number of carbonyl (C=O) groups excluding carboxylic acids is 3. The molecule has 1 aliphatic rings. The zero-order valence-electron chi connectivity index (χ0n) is 13.9.